The van der Waals surface area contributed by atoms with Gasteiger partial charge in [0.1, 0.15) is 5.25 Å². The number of aliphatic hydroxyl groups is 1. The van der Waals surface area contributed by atoms with Crippen LogP contribution >= 0.6 is 0 Å². The molecule has 0 bridgehead atoms. The first-order valence-corrected chi connectivity index (χ1v) is 3.56. The third kappa shape index (κ3) is 5.32. The summed E-state index contributed by atoms with van der Waals surface area (Å²) in [5, 5.41) is 7.06. The van der Waals surface area contributed by atoms with E-state index in [2.05, 4.69) is 0 Å². The van der Waals surface area contributed by atoms with Crippen LogP contribution in [0.25, 0.3) is 0 Å². The quantitative estimate of drug-likeness (QED) is 0.399. The van der Waals surface area contributed by atoms with Gasteiger partial charge in [-0.3, -0.25) is 4.55 Å². The van der Waals surface area contributed by atoms with Gasteiger partial charge < -0.3 is 5.11 Å². The van der Waals surface area contributed by atoms with Crippen molar-refractivity contribution in [3.63, 3.8) is 0 Å². The average molecular weight is 163 g/mol. The van der Waals surface area contributed by atoms with Gasteiger partial charge in [0.2, 0.25) is 0 Å². The van der Waals surface area contributed by atoms with Crippen LogP contribution in [0.3, 0.4) is 0 Å². The Hall–Kier alpha value is 0.870. The minimum Gasteiger partial charge on any atom is -0.395 e. The van der Waals surface area contributed by atoms with Gasteiger partial charge in [0.05, 0.1) is 6.61 Å². The van der Waals surface area contributed by atoms with E-state index < -0.39 is 22.0 Å². The summed E-state index contributed by atoms with van der Waals surface area (Å²) < 4.78 is 28.0. The number of hydrogen-bond donors (Lipinski definition) is 2. The van der Waals surface area contributed by atoms with Crippen molar-refractivity contribution in [2.24, 2.45) is 0 Å². The smallest absolute Gasteiger partial charge is 0.269 e. The molecule has 0 aromatic heterocycles. The minimum atomic E-state index is -4.00. The predicted octanol–water partition coefficient (Wildman–Crippen LogP) is -1.13. The summed E-state index contributed by atoms with van der Waals surface area (Å²) in [5.74, 6) is 0. The molecular weight excluding hydrogens is 155 g/mol. The van der Waals surface area contributed by atoms with Gasteiger partial charge in [-0.2, -0.15) is 8.42 Å². The van der Waals surface area contributed by atoms with E-state index in [9.17, 15) is 8.42 Å². The Morgan fingerprint density at radius 3 is 1.89 bits per heavy atom. The van der Waals surface area contributed by atoms with Crippen LogP contribution in [0.15, 0.2) is 0 Å². The molecule has 0 saturated heterocycles. The van der Waals surface area contributed by atoms with Gasteiger partial charge >= 0.3 is 0 Å². The van der Waals surface area contributed by atoms with Gasteiger partial charge in [-0.15, -0.1) is 0 Å². The van der Waals surface area contributed by atoms with E-state index in [1.165, 1.54) is 6.92 Å². The number of hydrogen-bond acceptors (Lipinski definition) is 3. The molecule has 0 heterocycles. The van der Waals surface area contributed by atoms with Crippen molar-refractivity contribution in [3.05, 3.63) is 0 Å². The van der Waals surface area contributed by atoms with Gasteiger partial charge in [0.25, 0.3) is 10.1 Å². The molecular formula is C3H8NaO4S. The van der Waals surface area contributed by atoms with E-state index in [0.717, 1.165) is 0 Å². The maximum atomic E-state index is 9.96. The third-order valence-corrected chi connectivity index (χ3v) is 1.93. The molecule has 1 radical (unpaired) electrons. The van der Waals surface area contributed by atoms with E-state index in [1.54, 1.807) is 0 Å². The molecule has 0 aliphatic carbocycles. The predicted molar refractivity (Wildman–Crippen MR) is 33.9 cm³/mol. The van der Waals surface area contributed by atoms with Crippen molar-refractivity contribution in [2.45, 2.75) is 12.2 Å². The van der Waals surface area contributed by atoms with Gasteiger partial charge in [-0.05, 0) is 6.92 Å². The van der Waals surface area contributed by atoms with Gasteiger partial charge in [-0.1, -0.05) is 0 Å². The van der Waals surface area contributed by atoms with Crippen molar-refractivity contribution >= 4 is 39.7 Å². The van der Waals surface area contributed by atoms with Crippen molar-refractivity contribution in [1.82, 2.24) is 0 Å². The van der Waals surface area contributed by atoms with Crippen LogP contribution in [0.2, 0.25) is 0 Å². The summed E-state index contributed by atoms with van der Waals surface area (Å²) in [5.41, 5.74) is 0. The number of rotatable bonds is 2. The Bertz CT molecular complexity index is 151. The van der Waals surface area contributed by atoms with Crippen LogP contribution in [-0.4, -0.2) is 59.5 Å². The van der Waals surface area contributed by atoms with Gasteiger partial charge in [0.15, 0.2) is 0 Å². The Balaban J connectivity index is 0. The zero-order chi connectivity index (χ0) is 6.78. The zero-order valence-corrected chi connectivity index (χ0v) is 8.22. The van der Waals surface area contributed by atoms with Crippen LogP contribution in [0.5, 0.6) is 0 Å². The molecule has 0 aromatic rings. The molecule has 0 aliphatic rings. The first kappa shape index (κ1) is 12.5. The molecule has 2 N–H and O–H groups in total. The SMILES string of the molecule is CC(CO)S(=O)(=O)O.[Na]. The van der Waals surface area contributed by atoms with Crippen molar-refractivity contribution < 1.29 is 18.1 Å². The first-order chi connectivity index (χ1) is 3.48. The third-order valence-electron chi connectivity index (χ3n) is 0.766. The average Bonchev–Trinajstić information content (AvgIpc) is 1.62. The molecule has 51 valence electrons. The second kappa shape index (κ2) is 4.65. The van der Waals surface area contributed by atoms with Crippen LogP contribution in [0.4, 0.5) is 0 Å². The summed E-state index contributed by atoms with van der Waals surface area (Å²) >= 11 is 0. The van der Waals surface area contributed by atoms with Gasteiger partial charge in [-0.25, -0.2) is 0 Å². The Morgan fingerprint density at radius 2 is 1.89 bits per heavy atom. The largest absolute Gasteiger partial charge is 0.395 e. The number of aliphatic hydroxyl groups excluding tert-OH is 1. The van der Waals surface area contributed by atoms with E-state index in [4.69, 9.17) is 9.66 Å². The second-order valence-corrected chi connectivity index (χ2v) is 3.34. The van der Waals surface area contributed by atoms with Crippen LogP contribution < -0.4 is 0 Å². The molecule has 0 aliphatic heterocycles. The normalized spacial score (nSPS) is 14.1. The van der Waals surface area contributed by atoms with Crippen LogP contribution in [0, 0.1) is 0 Å². The Kier molecular flexibility index (Phi) is 6.48. The molecule has 1 unspecified atom stereocenters. The zero-order valence-electron chi connectivity index (χ0n) is 5.40. The first-order valence-electron chi connectivity index (χ1n) is 2.05. The summed E-state index contributed by atoms with van der Waals surface area (Å²) in [6.45, 7) is 0.675. The molecule has 6 heteroatoms. The molecule has 0 saturated carbocycles. The fourth-order valence-corrected chi connectivity index (χ4v) is 0.283. The van der Waals surface area contributed by atoms with E-state index in [1.807, 2.05) is 0 Å². The molecule has 0 amide bonds. The second-order valence-electron chi connectivity index (χ2n) is 1.51. The van der Waals surface area contributed by atoms with E-state index in [0.29, 0.717) is 0 Å². The monoisotopic (exact) mass is 163 g/mol. The van der Waals surface area contributed by atoms with Crippen molar-refractivity contribution in [1.29, 1.82) is 0 Å². The standard InChI is InChI=1S/C3H8O4S.Na/c1-3(2-4)8(5,6)7;/h3-4H,2H2,1H3,(H,5,6,7);. The Morgan fingerprint density at radius 1 is 1.56 bits per heavy atom. The summed E-state index contributed by atoms with van der Waals surface area (Å²) in [4.78, 5) is 0. The molecule has 0 fully saturated rings. The molecule has 0 aromatic carbocycles. The van der Waals surface area contributed by atoms with Crippen LogP contribution in [-0.2, 0) is 10.1 Å². The topological polar surface area (TPSA) is 74.6 Å². The molecule has 0 rings (SSSR count). The van der Waals surface area contributed by atoms with Crippen LogP contribution in [0.1, 0.15) is 6.92 Å². The van der Waals surface area contributed by atoms with Crippen molar-refractivity contribution in [3.8, 4) is 0 Å². The van der Waals surface area contributed by atoms with E-state index >= 15 is 0 Å². The summed E-state index contributed by atoms with van der Waals surface area (Å²) in [6.07, 6.45) is 0. The Labute approximate surface area is 76.3 Å². The van der Waals surface area contributed by atoms with Crippen molar-refractivity contribution in [2.75, 3.05) is 6.61 Å². The molecule has 4 nitrogen and oxygen atoms in total. The minimum absolute atomic E-state index is 0. The summed E-state index contributed by atoms with van der Waals surface area (Å²) in [7, 11) is -4.00. The van der Waals surface area contributed by atoms with E-state index in [-0.39, 0.29) is 29.6 Å². The maximum Gasteiger partial charge on any atom is 0.269 e. The summed E-state index contributed by atoms with van der Waals surface area (Å²) in [6, 6.07) is 0. The molecule has 9 heavy (non-hydrogen) atoms. The molecule has 0 spiro atoms. The van der Waals surface area contributed by atoms with Gasteiger partial charge in [0, 0.05) is 29.6 Å². The molecule has 1 atom stereocenters. The fourth-order valence-electron chi connectivity index (χ4n) is 0.0942. The maximum absolute atomic E-state index is 9.96. The fraction of sp³-hybridized carbons (Fsp3) is 1.00.